The molecule has 2 N–H and O–H groups in total. The predicted molar refractivity (Wildman–Crippen MR) is 80.6 cm³/mol. The highest BCUT2D eigenvalue weighted by Crippen LogP contribution is 2.33. The molecule has 0 aromatic heterocycles. The minimum Gasteiger partial charge on any atom is -0.353 e. The van der Waals surface area contributed by atoms with Gasteiger partial charge in [-0.15, -0.1) is 0 Å². The van der Waals surface area contributed by atoms with E-state index in [9.17, 15) is 4.79 Å². The molecule has 2 heterocycles. The average Bonchev–Trinajstić information content (AvgIpc) is 2.92. The van der Waals surface area contributed by atoms with Gasteiger partial charge in [0.05, 0.1) is 6.04 Å². The lowest BCUT2D eigenvalue weighted by Gasteiger charge is -2.26. The molecule has 0 aromatic carbocycles. The Kier molecular flexibility index (Phi) is 4.94. The predicted octanol–water partition coefficient (Wildman–Crippen LogP) is 1.51. The van der Waals surface area contributed by atoms with E-state index in [0.717, 1.165) is 25.4 Å². The number of hydrogen-bond donors (Lipinski definition) is 2. The standard InChI is InChI=1S/C16H29N3O/c20-16(17-8-11-19-9-4-1-5-10-19)15-12-13-6-2-3-7-14(13)18-15/h13-15,18H,1-12H2,(H,17,20). The van der Waals surface area contributed by atoms with Crippen molar-refractivity contribution >= 4 is 5.91 Å². The van der Waals surface area contributed by atoms with Crippen LogP contribution in [0.4, 0.5) is 0 Å². The number of fused-ring (bicyclic) bond motifs is 1. The van der Waals surface area contributed by atoms with Crippen molar-refractivity contribution in [3.8, 4) is 0 Å². The number of nitrogens with zero attached hydrogens (tertiary/aromatic N) is 1. The molecule has 2 aliphatic heterocycles. The van der Waals surface area contributed by atoms with Crippen LogP contribution in [-0.4, -0.2) is 49.1 Å². The van der Waals surface area contributed by atoms with Gasteiger partial charge in [0.2, 0.25) is 5.91 Å². The first-order valence-corrected chi connectivity index (χ1v) is 8.59. The molecule has 20 heavy (non-hydrogen) atoms. The second-order valence-corrected chi connectivity index (χ2v) is 6.80. The van der Waals surface area contributed by atoms with Crippen molar-refractivity contribution in [3.05, 3.63) is 0 Å². The first-order valence-electron chi connectivity index (χ1n) is 8.59. The van der Waals surface area contributed by atoms with Crippen LogP contribution >= 0.6 is 0 Å². The fraction of sp³-hybridized carbons (Fsp3) is 0.938. The van der Waals surface area contributed by atoms with E-state index in [1.54, 1.807) is 0 Å². The van der Waals surface area contributed by atoms with Crippen LogP contribution in [0.15, 0.2) is 0 Å². The number of rotatable bonds is 4. The van der Waals surface area contributed by atoms with Crippen LogP contribution in [0.25, 0.3) is 0 Å². The van der Waals surface area contributed by atoms with Gasteiger partial charge >= 0.3 is 0 Å². The van der Waals surface area contributed by atoms with Crippen LogP contribution in [0.1, 0.15) is 51.4 Å². The van der Waals surface area contributed by atoms with E-state index in [-0.39, 0.29) is 11.9 Å². The van der Waals surface area contributed by atoms with Gasteiger partial charge in [-0.05, 0) is 51.1 Å². The van der Waals surface area contributed by atoms with Crippen LogP contribution in [0.3, 0.4) is 0 Å². The van der Waals surface area contributed by atoms with E-state index in [2.05, 4.69) is 15.5 Å². The molecular weight excluding hydrogens is 250 g/mol. The quantitative estimate of drug-likeness (QED) is 0.820. The summed E-state index contributed by atoms with van der Waals surface area (Å²) in [5.74, 6) is 0.984. The van der Waals surface area contributed by atoms with Crippen molar-refractivity contribution in [1.29, 1.82) is 0 Å². The summed E-state index contributed by atoms with van der Waals surface area (Å²) in [5, 5.41) is 6.69. The number of piperidine rings is 1. The Morgan fingerprint density at radius 2 is 1.90 bits per heavy atom. The lowest BCUT2D eigenvalue weighted by molar-refractivity contribution is -0.122. The van der Waals surface area contributed by atoms with Crippen LogP contribution in [0.2, 0.25) is 0 Å². The van der Waals surface area contributed by atoms with Gasteiger partial charge < -0.3 is 15.5 Å². The monoisotopic (exact) mass is 279 g/mol. The lowest BCUT2D eigenvalue weighted by Crippen LogP contribution is -2.45. The van der Waals surface area contributed by atoms with Crippen molar-refractivity contribution in [2.24, 2.45) is 5.92 Å². The zero-order chi connectivity index (χ0) is 13.8. The Morgan fingerprint density at radius 3 is 2.70 bits per heavy atom. The number of likely N-dealkylation sites (tertiary alicyclic amines) is 1. The molecule has 0 radical (unpaired) electrons. The Balaban J connectivity index is 1.36. The van der Waals surface area contributed by atoms with E-state index in [4.69, 9.17) is 0 Å². The summed E-state index contributed by atoms with van der Waals surface area (Å²) in [5.41, 5.74) is 0. The van der Waals surface area contributed by atoms with Crippen LogP contribution in [-0.2, 0) is 4.79 Å². The summed E-state index contributed by atoms with van der Waals surface area (Å²) in [4.78, 5) is 14.7. The molecule has 1 aliphatic carbocycles. The van der Waals surface area contributed by atoms with Crippen LogP contribution in [0.5, 0.6) is 0 Å². The zero-order valence-electron chi connectivity index (χ0n) is 12.6. The first kappa shape index (κ1) is 14.3. The van der Waals surface area contributed by atoms with E-state index in [1.807, 2.05) is 0 Å². The van der Waals surface area contributed by atoms with Gasteiger partial charge in [0.1, 0.15) is 0 Å². The Labute approximate surface area is 122 Å². The highest BCUT2D eigenvalue weighted by Gasteiger charge is 2.37. The summed E-state index contributed by atoms with van der Waals surface area (Å²) < 4.78 is 0. The molecule has 114 valence electrons. The summed E-state index contributed by atoms with van der Waals surface area (Å²) in [7, 11) is 0. The molecule has 1 saturated carbocycles. The highest BCUT2D eigenvalue weighted by molar-refractivity contribution is 5.82. The van der Waals surface area contributed by atoms with Gasteiger partial charge in [0.25, 0.3) is 0 Å². The van der Waals surface area contributed by atoms with Gasteiger partial charge in [0.15, 0.2) is 0 Å². The Hall–Kier alpha value is -0.610. The SMILES string of the molecule is O=C(NCCN1CCCCC1)C1CC2CCCCC2N1. The van der Waals surface area contributed by atoms with Crippen molar-refractivity contribution in [2.45, 2.75) is 63.5 Å². The highest BCUT2D eigenvalue weighted by atomic mass is 16.2. The summed E-state index contributed by atoms with van der Waals surface area (Å²) >= 11 is 0. The fourth-order valence-electron chi connectivity index (χ4n) is 4.16. The summed E-state index contributed by atoms with van der Waals surface area (Å²) in [6.45, 7) is 4.25. The smallest absolute Gasteiger partial charge is 0.237 e. The molecule has 3 fully saturated rings. The second-order valence-electron chi connectivity index (χ2n) is 6.80. The lowest BCUT2D eigenvalue weighted by atomic mass is 9.85. The van der Waals surface area contributed by atoms with Gasteiger partial charge in [0, 0.05) is 19.1 Å². The van der Waals surface area contributed by atoms with Crippen molar-refractivity contribution in [2.75, 3.05) is 26.2 Å². The molecule has 3 aliphatic rings. The minimum absolute atomic E-state index is 0.0736. The van der Waals surface area contributed by atoms with Crippen LogP contribution in [0, 0.1) is 5.92 Å². The average molecular weight is 279 g/mol. The Bertz CT molecular complexity index is 314. The third-order valence-corrected chi connectivity index (χ3v) is 5.36. The molecule has 3 unspecified atom stereocenters. The van der Waals surface area contributed by atoms with Crippen molar-refractivity contribution in [1.82, 2.24) is 15.5 Å². The molecule has 0 aromatic rings. The number of nitrogens with one attached hydrogen (secondary N) is 2. The first-order chi connectivity index (χ1) is 9.83. The zero-order valence-corrected chi connectivity index (χ0v) is 12.6. The number of carbonyl (C=O) groups is 1. The molecule has 3 atom stereocenters. The maximum atomic E-state index is 12.2. The molecule has 0 spiro atoms. The van der Waals surface area contributed by atoms with E-state index < -0.39 is 0 Å². The third kappa shape index (κ3) is 3.53. The summed E-state index contributed by atoms with van der Waals surface area (Å²) in [6.07, 6.45) is 10.3. The van der Waals surface area contributed by atoms with Gasteiger partial charge in [-0.3, -0.25) is 4.79 Å². The van der Waals surface area contributed by atoms with E-state index in [1.165, 1.54) is 58.0 Å². The maximum Gasteiger partial charge on any atom is 0.237 e. The van der Waals surface area contributed by atoms with Crippen molar-refractivity contribution in [3.63, 3.8) is 0 Å². The molecule has 1 amide bonds. The van der Waals surface area contributed by atoms with Gasteiger partial charge in [-0.25, -0.2) is 0 Å². The Morgan fingerprint density at radius 1 is 1.10 bits per heavy atom. The largest absolute Gasteiger partial charge is 0.353 e. The van der Waals surface area contributed by atoms with E-state index >= 15 is 0 Å². The van der Waals surface area contributed by atoms with Gasteiger partial charge in [-0.1, -0.05) is 19.3 Å². The number of amides is 1. The maximum absolute atomic E-state index is 12.2. The topological polar surface area (TPSA) is 44.4 Å². The summed E-state index contributed by atoms with van der Waals surface area (Å²) in [6, 6.07) is 0.686. The number of carbonyl (C=O) groups excluding carboxylic acids is 1. The molecular formula is C16H29N3O. The fourth-order valence-corrected chi connectivity index (χ4v) is 4.16. The molecule has 3 rings (SSSR count). The molecule has 4 heteroatoms. The van der Waals surface area contributed by atoms with Gasteiger partial charge in [-0.2, -0.15) is 0 Å². The third-order valence-electron chi connectivity index (χ3n) is 5.36. The normalized spacial score (nSPS) is 34.7. The van der Waals surface area contributed by atoms with Crippen molar-refractivity contribution < 1.29 is 4.79 Å². The molecule has 0 bridgehead atoms. The second kappa shape index (κ2) is 6.90. The molecule has 2 saturated heterocycles. The minimum atomic E-state index is 0.0736. The number of hydrogen-bond acceptors (Lipinski definition) is 3. The van der Waals surface area contributed by atoms with E-state index in [0.29, 0.717) is 6.04 Å². The van der Waals surface area contributed by atoms with Crippen LogP contribution < -0.4 is 10.6 Å². The molecule has 4 nitrogen and oxygen atoms in total.